The van der Waals surface area contributed by atoms with Crippen LogP contribution in [0.4, 0.5) is 5.13 Å². The van der Waals surface area contributed by atoms with Crippen molar-refractivity contribution in [3.05, 3.63) is 0 Å². The number of nitrogen functional groups attached to an aromatic ring is 1. The number of cyclic esters (lactones) is 1. The molecule has 0 radical (unpaired) electrons. The Morgan fingerprint density at radius 1 is 1.64 bits per heavy atom. The molecule has 2 N–H and O–H groups in total. The van der Waals surface area contributed by atoms with Crippen LogP contribution in [0.5, 0.6) is 0 Å². The molecule has 1 aromatic rings. The lowest BCUT2D eigenvalue weighted by atomic mass is 10.3. The number of nitrogens with zero attached hydrogens (tertiary/aromatic N) is 2. The van der Waals surface area contributed by atoms with Crippen LogP contribution in [0.15, 0.2) is 4.34 Å². The molecule has 0 spiro atoms. The molecular formula is C7H9N3O2S2. The molecule has 1 saturated heterocycles. The molecule has 2 rings (SSSR count). The number of hydrogen-bond acceptors (Lipinski definition) is 7. The second kappa shape index (κ2) is 3.74. The van der Waals surface area contributed by atoms with Gasteiger partial charge in [-0.05, 0) is 6.92 Å². The summed E-state index contributed by atoms with van der Waals surface area (Å²) in [4.78, 5) is 11.3. The topological polar surface area (TPSA) is 78.1 Å². The average molecular weight is 231 g/mol. The molecule has 76 valence electrons. The van der Waals surface area contributed by atoms with Gasteiger partial charge in [0.1, 0.15) is 11.4 Å². The summed E-state index contributed by atoms with van der Waals surface area (Å²) in [6.07, 6.45) is 0.730. The molecule has 0 amide bonds. The molecule has 1 aliphatic heterocycles. The fourth-order valence-corrected chi connectivity index (χ4v) is 3.20. The van der Waals surface area contributed by atoms with E-state index < -0.39 is 0 Å². The van der Waals surface area contributed by atoms with E-state index in [0.29, 0.717) is 5.13 Å². The summed E-state index contributed by atoms with van der Waals surface area (Å²) >= 11 is 2.66. The third kappa shape index (κ3) is 1.98. The monoisotopic (exact) mass is 231 g/mol. The van der Waals surface area contributed by atoms with Crippen LogP contribution < -0.4 is 5.73 Å². The number of carbonyl (C=O) groups is 1. The van der Waals surface area contributed by atoms with Crippen LogP contribution in [0.3, 0.4) is 0 Å². The van der Waals surface area contributed by atoms with E-state index in [1.54, 1.807) is 0 Å². The normalized spacial score (nSPS) is 26.5. The van der Waals surface area contributed by atoms with Gasteiger partial charge in [0.15, 0.2) is 4.34 Å². The van der Waals surface area contributed by atoms with Gasteiger partial charge in [0, 0.05) is 6.42 Å². The standard InChI is InChI=1S/C7H9N3O2S2/c1-3-2-4(5(11)12-3)13-7-10-9-6(8)14-7/h3-4H,2H2,1H3,(H2,8,9). The molecule has 1 aromatic heterocycles. The van der Waals surface area contributed by atoms with E-state index in [4.69, 9.17) is 10.5 Å². The van der Waals surface area contributed by atoms with Crippen LogP contribution in [0.1, 0.15) is 13.3 Å². The zero-order chi connectivity index (χ0) is 10.1. The van der Waals surface area contributed by atoms with E-state index in [1.807, 2.05) is 6.92 Å². The predicted octanol–water partition coefficient (Wildman–Crippen LogP) is 0.916. The Bertz CT molecular complexity index is 354. The van der Waals surface area contributed by atoms with Gasteiger partial charge in [0.25, 0.3) is 0 Å². The molecule has 2 heterocycles. The summed E-state index contributed by atoms with van der Waals surface area (Å²) in [5.41, 5.74) is 5.43. The lowest BCUT2D eigenvalue weighted by molar-refractivity contribution is -0.140. The number of esters is 1. The molecule has 5 nitrogen and oxygen atoms in total. The Balaban J connectivity index is 2.01. The fraction of sp³-hybridized carbons (Fsp3) is 0.571. The van der Waals surface area contributed by atoms with Crippen molar-refractivity contribution in [3.8, 4) is 0 Å². The zero-order valence-corrected chi connectivity index (χ0v) is 9.10. The lowest BCUT2D eigenvalue weighted by Gasteiger charge is -1.99. The summed E-state index contributed by atoms with van der Waals surface area (Å²) < 4.78 is 5.74. The minimum absolute atomic E-state index is 0.00488. The fourth-order valence-electron chi connectivity index (χ4n) is 1.21. The number of rotatable bonds is 2. The number of thioether (sulfide) groups is 1. The first-order valence-corrected chi connectivity index (χ1v) is 5.81. The third-order valence-electron chi connectivity index (χ3n) is 1.79. The third-order valence-corrected chi connectivity index (χ3v) is 3.83. The van der Waals surface area contributed by atoms with E-state index in [-0.39, 0.29) is 17.3 Å². The van der Waals surface area contributed by atoms with E-state index in [2.05, 4.69) is 10.2 Å². The minimum atomic E-state index is -0.170. The van der Waals surface area contributed by atoms with E-state index >= 15 is 0 Å². The van der Waals surface area contributed by atoms with E-state index in [1.165, 1.54) is 23.1 Å². The van der Waals surface area contributed by atoms with Crippen molar-refractivity contribution < 1.29 is 9.53 Å². The Labute approximate surface area is 89.0 Å². The Hall–Kier alpha value is -0.820. The summed E-state index contributed by atoms with van der Waals surface area (Å²) in [6.45, 7) is 1.88. The van der Waals surface area contributed by atoms with Crippen molar-refractivity contribution in [2.24, 2.45) is 0 Å². The number of anilines is 1. The molecule has 0 aliphatic carbocycles. The Morgan fingerprint density at radius 3 is 2.93 bits per heavy atom. The Morgan fingerprint density at radius 2 is 2.43 bits per heavy atom. The molecule has 0 saturated carbocycles. The van der Waals surface area contributed by atoms with Crippen LogP contribution in [0.25, 0.3) is 0 Å². The van der Waals surface area contributed by atoms with Gasteiger partial charge in [0.05, 0.1) is 0 Å². The van der Waals surface area contributed by atoms with Crippen LogP contribution >= 0.6 is 23.1 Å². The first kappa shape index (κ1) is 9.72. The molecule has 1 fully saturated rings. The first-order valence-electron chi connectivity index (χ1n) is 4.11. The number of hydrogen-bond donors (Lipinski definition) is 1. The molecule has 0 bridgehead atoms. The molecular weight excluding hydrogens is 222 g/mol. The van der Waals surface area contributed by atoms with Crippen molar-refractivity contribution >= 4 is 34.2 Å². The number of ether oxygens (including phenoxy) is 1. The maximum Gasteiger partial charge on any atom is 0.319 e. The largest absolute Gasteiger partial charge is 0.462 e. The van der Waals surface area contributed by atoms with E-state index in [9.17, 15) is 4.79 Å². The molecule has 2 atom stereocenters. The van der Waals surface area contributed by atoms with Gasteiger partial charge in [-0.1, -0.05) is 23.1 Å². The van der Waals surface area contributed by atoms with E-state index in [0.717, 1.165) is 10.8 Å². The van der Waals surface area contributed by atoms with Crippen LogP contribution in [0.2, 0.25) is 0 Å². The quantitative estimate of drug-likeness (QED) is 0.762. The molecule has 7 heteroatoms. The van der Waals surface area contributed by atoms with Gasteiger partial charge in [-0.2, -0.15) is 0 Å². The van der Waals surface area contributed by atoms with Crippen molar-refractivity contribution in [1.82, 2.24) is 10.2 Å². The van der Waals surface area contributed by atoms with Gasteiger partial charge >= 0.3 is 5.97 Å². The van der Waals surface area contributed by atoms with Crippen LogP contribution in [-0.2, 0) is 9.53 Å². The van der Waals surface area contributed by atoms with Gasteiger partial charge in [0.2, 0.25) is 5.13 Å². The van der Waals surface area contributed by atoms with Crippen molar-refractivity contribution in [3.63, 3.8) is 0 Å². The summed E-state index contributed by atoms with van der Waals surface area (Å²) in [6, 6.07) is 0. The summed E-state index contributed by atoms with van der Waals surface area (Å²) in [5, 5.41) is 7.78. The summed E-state index contributed by atoms with van der Waals surface area (Å²) in [5.74, 6) is -0.170. The maximum atomic E-state index is 11.3. The highest BCUT2D eigenvalue weighted by atomic mass is 32.2. The number of aromatic nitrogens is 2. The highest BCUT2D eigenvalue weighted by molar-refractivity contribution is 8.02. The molecule has 0 aromatic carbocycles. The molecule has 14 heavy (non-hydrogen) atoms. The number of nitrogens with two attached hydrogens (primary N) is 1. The first-order chi connectivity index (χ1) is 6.65. The number of carbonyl (C=O) groups excluding carboxylic acids is 1. The van der Waals surface area contributed by atoms with Gasteiger partial charge in [-0.3, -0.25) is 4.79 Å². The predicted molar refractivity (Wildman–Crippen MR) is 54.1 cm³/mol. The summed E-state index contributed by atoms with van der Waals surface area (Å²) in [7, 11) is 0. The molecule has 1 aliphatic rings. The maximum absolute atomic E-state index is 11.3. The zero-order valence-electron chi connectivity index (χ0n) is 7.47. The Kier molecular flexibility index (Phi) is 2.60. The average Bonchev–Trinajstić information content (AvgIpc) is 2.61. The van der Waals surface area contributed by atoms with Gasteiger partial charge in [-0.25, -0.2) is 0 Å². The van der Waals surface area contributed by atoms with Crippen molar-refractivity contribution in [2.75, 3.05) is 5.73 Å². The minimum Gasteiger partial charge on any atom is -0.462 e. The van der Waals surface area contributed by atoms with Crippen LogP contribution in [0, 0.1) is 0 Å². The van der Waals surface area contributed by atoms with Crippen molar-refractivity contribution in [2.45, 2.75) is 29.0 Å². The second-order valence-electron chi connectivity index (χ2n) is 3.00. The second-order valence-corrected chi connectivity index (χ2v) is 5.45. The lowest BCUT2D eigenvalue weighted by Crippen LogP contribution is -2.08. The highest BCUT2D eigenvalue weighted by Crippen LogP contribution is 2.33. The molecule has 2 unspecified atom stereocenters. The SMILES string of the molecule is CC1CC(Sc2nnc(N)s2)C(=O)O1. The van der Waals surface area contributed by atoms with Gasteiger partial charge in [-0.15, -0.1) is 10.2 Å². The highest BCUT2D eigenvalue weighted by Gasteiger charge is 2.33. The smallest absolute Gasteiger partial charge is 0.319 e. The van der Waals surface area contributed by atoms with Crippen LogP contribution in [-0.4, -0.2) is 27.5 Å². The van der Waals surface area contributed by atoms with Crippen molar-refractivity contribution in [1.29, 1.82) is 0 Å². The van der Waals surface area contributed by atoms with Gasteiger partial charge < -0.3 is 10.5 Å².